The summed E-state index contributed by atoms with van der Waals surface area (Å²) in [5.74, 6) is -0.239. The monoisotopic (exact) mass is 579 g/mol. The molecule has 5 aliphatic rings. The first-order valence-corrected chi connectivity index (χ1v) is 16.8. The van der Waals surface area contributed by atoms with E-state index in [1.165, 1.54) is 6.42 Å². The van der Waals surface area contributed by atoms with Gasteiger partial charge in [-0.1, -0.05) is 71.6 Å². The van der Waals surface area contributed by atoms with Gasteiger partial charge < -0.3 is 20.3 Å². The van der Waals surface area contributed by atoms with E-state index in [2.05, 4.69) is 38.3 Å². The van der Waals surface area contributed by atoms with Crippen LogP contribution in [-0.2, 0) is 19.1 Å². The summed E-state index contributed by atoms with van der Waals surface area (Å²) in [4.78, 5) is 45.7. The number of amides is 3. The molecule has 2 bridgehead atoms. The fourth-order valence-electron chi connectivity index (χ4n) is 8.48. The van der Waals surface area contributed by atoms with Crippen LogP contribution in [-0.4, -0.2) is 58.7 Å². The Labute approximate surface area is 248 Å². The van der Waals surface area contributed by atoms with Gasteiger partial charge in [-0.2, -0.15) is 0 Å². The molecule has 7 nitrogen and oxygen atoms in total. The third-order valence-corrected chi connectivity index (χ3v) is 12.0. The van der Waals surface area contributed by atoms with Gasteiger partial charge in [0.25, 0.3) is 0 Å². The van der Waals surface area contributed by atoms with Crippen LogP contribution in [0.2, 0.25) is 0 Å². The topological polar surface area (TPSA) is 87.7 Å². The van der Waals surface area contributed by atoms with Crippen molar-refractivity contribution in [2.24, 2.45) is 35.5 Å². The van der Waals surface area contributed by atoms with Gasteiger partial charge in [-0.15, -0.1) is 11.8 Å². The smallest absolute Gasteiger partial charge is 0.246 e. The SMILES string of the molecule is CSc1cccc(NC(=O)[C@@H]2[C@@H]3C=C[C@]4(O3)[C@@H]2C(=O)N([C@@H]2CCC[C@@H](C)[C@H]2C)[C@H]4C(=O)N[C@@H]2CCC[C@H](C)[C@@H]2C)c1. The first kappa shape index (κ1) is 28.8. The van der Waals surface area contributed by atoms with E-state index < -0.39 is 29.6 Å². The zero-order valence-corrected chi connectivity index (χ0v) is 25.8. The number of carbonyl (C=O) groups excluding carboxylic acids is 3. The predicted molar refractivity (Wildman–Crippen MR) is 161 cm³/mol. The number of nitrogens with one attached hydrogen (secondary N) is 2. The first-order chi connectivity index (χ1) is 19.7. The Morgan fingerprint density at radius 2 is 1.73 bits per heavy atom. The van der Waals surface area contributed by atoms with E-state index in [-0.39, 0.29) is 35.7 Å². The van der Waals surface area contributed by atoms with E-state index >= 15 is 0 Å². The van der Waals surface area contributed by atoms with Gasteiger partial charge in [0.05, 0.1) is 17.9 Å². The lowest BCUT2D eigenvalue weighted by molar-refractivity contribution is -0.146. The van der Waals surface area contributed by atoms with Crippen molar-refractivity contribution >= 4 is 35.2 Å². The molecule has 6 rings (SSSR count). The van der Waals surface area contributed by atoms with Crippen molar-refractivity contribution in [1.29, 1.82) is 0 Å². The van der Waals surface area contributed by atoms with Crippen molar-refractivity contribution in [2.45, 2.75) is 101 Å². The highest BCUT2D eigenvalue weighted by Crippen LogP contribution is 2.57. The van der Waals surface area contributed by atoms with E-state index in [0.29, 0.717) is 23.4 Å². The van der Waals surface area contributed by atoms with Gasteiger partial charge >= 0.3 is 0 Å². The molecule has 0 radical (unpaired) electrons. The highest BCUT2D eigenvalue weighted by atomic mass is 32.2. The standard InChI is InChI=1S/C33H45N3O4S/c1-18-9-6-13-24(20(18)3)35-31(38)29-33-16-15-26(40-33)27(30(37)34-22-11-8-12-23(17-22)41-5)28(33)32(39)36(29)25-14-7-10-19(2)21(25)4/h8,11-12,15-21,24-29H,6-7,9-10,13-14H2,1-5H3,(H,34,37)(H,35,38)/t18-,19+,20-,21+,24+,25+,26-,27+,28-,29-,33-/m0/s1. The molecule has 222 valence electrons. The molecule has 8 heteroatoms. The summed E-state index contributed by atoms with van der Waals surface area (Å²) < 4.78 is 6.63. The zero-order chi connectivity index (χ0) is 29.1. The van der Waals surface area contributed by atoms with Crippen LogP contribution in [0.4, 0.5) is 5.69 Å². The van der Waals surface area contributed by atoms with Crippen LogP contribution < -0.4 is 10.6 Å². The summed E-state index contributed by atoms with van der Waals surface area (Å²) in [5, 5.41) is 6.46. The molecule has 11 atom stereocenters. The molecule has 0 unspecified atom stereocenters. The number of nitrogens with zero attached hydrogens (tertiary/aromatic N) is 1. The summed E-state index contributed by atoms with van der Waals surface area (Å²) in [6.07, 6.45) is 11.6. The van der Waals surface area contributed by atoms with Gasteiger partial charge in [0.2, 0.25) is 17.7 Å². The number of hydrogen-bond acceptors (Lipinski definition) is 5. The van der Waals surface area contributed by atoms with Gasteiger partial charge in [-0.25, -0.2) is 0 Å². The summed E-state index contributed by atoms with van der Waals surface area (Å²) in [5.41, 5.74) is -0.423. The Morgan fingerprint density at radius 1 is 1.00 bits per heavy atom. The van der Waals surface area contributed by atoms with Crippen LogP contribution in [0, 0.1) is 35.5 Å². The Kier molecular flexibility index (Phi) is 7.77. The highest BCUT2D eigenvalue weighted by molar-refractivity contribution is 7.98. The number of carbonyl (C=O) groups is 3. The minimum atomic E-state index is -1.13. The van der Waals surface area contributed by atoms with Crippen LogP contribution in [0.25, 0.3) is 0 Å². The largest absolute Gasteiger partial charge is 0.359 e. The fourth-order valence-corrected chi connectivity index (χ4v) is 8.94. The molecular weight excluding hydrogens is 534 g/mol. The molecule has 2 saturated heterocycles. The van der Waals surface area contributed by atoms with Crippen LogP contribution in [0.5, 0.6) is 0 Å². The molecule has 3 heterocycles. The normalized spacial score (nSPS) is 41.4. The van der Waals surface area contributed by atoms with Crippen molar-refractivity contribution in [1.82, 2.24) is 10.2 Å². The number of likely N-dealkylation sites (tertiary alicyclic amines) is 1. The Morgan fingerprint density at radius 3 is 2.49 bits per heavy atom. The van der Waals surface area contributed by atoms with Crippen LogP contribution in [0.15, 0.2) is 41.3 Å². The molecule has 2 saturated carbocycles. The molecule has 1 aromatic carbocycles. The fraction of sp³-hybridized carbons (Fsp3) is 0.667. The Bertz CT molecular complexity index is 1240. The van der Waals surface area contributed by atoms with Crippen molar-refractivity contribution in [3.63, 3.8) is 0 Å². The second kappa shape index (κ2) is 11.1. The molecule has 2 N–H and O–H groups in total. The second-order valence-corrected chi connectivity index (χ2v) is 14.3. The van der Waals surface area contributed by atoms with Crippen molar-refractivity contribution in [3.8, 4) is 0 Å². The maximum Gasteiger partial charge on any atom is 0.246 e. The van der Waals surface area contributed by atoms with Crippen LogP contribution in [0.1, 0.15) is 66.2 Å². The van der Waals surface area contributed by atoms with Crippen molar-refractivity contribution in [3.05, 3.63) is 36.4 Å². The number of thioether (sulfide) groups is 1. The lowest BCUT2D eigenvalue weighted by atomic mass is 9.73. The Hall–Kier alpha value is -2.32. The van der Waals surface area contributed by atoms with Crippen LogP contribution >= 0.6 is 11.8 Å². The number of anilines is 1. The average molecular weight is 580 g/mol. The maximum atomic E-state index is 14.6. The van der Waals surface area contributed by atoms with Gasteiger partial charge in [0.1, 0.15) is 11.6 Å². The first-order valence-electron chi connectivity index (χ1n) is 15.6. The minimum Gasteiger partial charge on any atom is -0.359 e. The molecule has 4 fully saturated rings. The lowest BCUT2D eigenvalue weighted by Crippen LogP contribution is -2.61. The number of ether oxygens (including phenoxy) is 1. The molecule has 1 aromatic rings. The molecule has 1 spiro atoms. The van der Waals surface area contributed by atoms with Gasteiger partial charge in [0, 0.05) is 22.7 Å². The third kappa shape index (κ3) is 4.73. The van der Waals surface area contributed by atoms with Gasteiger partial charge in [0.15, 0.2) is 0 Å². The second-order valence-electron chi connectivity index (χ2n) is 13.4. The summed E-state index contributed by atoms with van der Waals surface area (Å²) in [6, 6.07) is 6.98. The van der Waals surface area contributed by atoms with Crippen molar-refractivity contribution < 1.29 is 19.1 Å². The third-order valence-electron chi connectivity index (χ3n) is 11.3. The maximum absolute atomic E-state index is 14.6. The minimum absolute atomic E-state index is 0.0531. The number of benzene rings is 1. The van der Waals surface area contributed by atoms with Crippen molar-refractivity contribution in [2.75, 3.05) is 11.6 Å². The molecule has 41 heavy (non-hydrogen) atoms. The number of hydrogen-bond donors (Lipinski definition) is 2. The predicted octanol–water partition coefficient (Wildman–Crippen LogP) is 5.26. The number of fused-ring (bicyclic) bond motifs is 1. The van der Waals surface area contributed by atoms with E-state index in [1.54, 1.807) is 11.8 Å². The summed E-state index contributed by atoms with van der Waals surface area (Å²) in [6.45, 7) is 8.95. The van der Waals surface area contributed by atoms with Gasteiger partial charge in [-0.05, 0) is 61.0 Å². The van der Waals surface area contributed by atoms with E-state index in [4.69, 9.17) is 4.74 Å². The lowest BCUT2D eigenvalue weighted by Gasteiger charge is -2.44. The average Bonchev–Trinajstić information content (AvgIpc) is 3.60. The molecule has 2 aliphatic carbocycles. The Balaban J connectivity index is 1.34. The van der Waals surface area contributed by atoms with Crippen LogP contribution in [0.3, 0.4) is 0 Å². The summed E-state index contributed by atoms with van der Waals surface area (Å²) >= 11 is 1.61. The van der Waals surface area contributed by atoms with Gasteiger partial charge in [-0.3, -0.25) is 14.4 Å². The molecular formula is C33H45N3O4S. The molecule has 3 amide bonds. The highest BCUT2D eigenvalue weighted by Gasteiger charge is 2.73. The molecule has 0 aromatic heterocycles. The van der Waals surface area contributed by atoms with E-state index in [9.17, 15) is 14.4 Å². The zero-order valence-electron chi connectivity index (χ0n) is 25.0. The van der Waals surface area contributed by atoms with E-state index in [1.807, 2.05) is 47.6 Å². The quantitative estimate of drug-likeness (QED) is 0.355. The number of rotatable bonds is 6. The summed E-state index contributed by atoms with van der Waals surface area (Å²) in [7, 11) is 0. The van der Waals surface area contributed by atoms with E-state index in [0.717, 1.165) is 37.0 Å². The molecule has 3 aliphatic heterocycles.